The molecule has 2 aromatic heterocycles. The molecule has 0 saturated heterocycles. The molecular weight excluding hydrogens is 278 g/mol. The van der Waals surface area contributed by atoms with Gasteiger partial charge in [0.15, 0.2) is 0 Å². The van der Waals surface area contributed by atoms with E-state index >= 15 is 0 Å². The van der Waals surface area contributed by atoms with Crippen LogP contribution in [-0.4, -0.2) is 31.9 Å². The first-order valence-electron chi connectivity index (χ1n) is 7.93. The number of carbonyl (C=O) groups is 1. The Hall–Kier alpha value is -2.11. The third-order valence-electron chi connectivity index (χ3n) is 4.26. The van der Waals surface area contributed by atoms with Crippen LogP contribution in [0.4, 0.5) is 0 Å². The van der Waals surface area contributed by atoms with Crippen LogP contribution in [0.1, 0.15) is 41.9 Å². The first-order chi connectivity index (χ1) is 10.6. The third kappa shape index (κ3) is 3.37. The van der Waals surface area contributed by atoms with Crippen LogP contribution in [0.2, 0.25) is 0 Å². The van der Waals surface area contributed by atoms with Crippen molar-refractivity contribution in [3.8, 4) is 0 Å². The minimum atomic E-state index is 0.134. The molecule has 2 N–H and O–H groups in total. The summed E-state index contributed by atoms with van der Waals surface area (Å²) in [6.07, 6.45) is 6.10. The molecule has 1 aliphatic carbocycles. The Morgan fingerprint density at radius 2 is 2.36 bits per heavy atom. The Morgan fingerprint density at radius 3 is 3.14 bits per heavy atom. The average Bonchev–Trinajstić information content (AvgIpc) is 3.05. The van der Waals surface area contributed by atoms with Crippen LogP contribution in [-0.2, 0) is 24.2 Å². The number of nitrogens with zero attached hydrogens (tertiary/aromatic N) is 3. The number of aryl methyl sites for hydroxylation is 4. The lowest BCUT2D eigenvalue weighted by atomic mass is 9.93. The minimum absolute atomic E-state index is 0.134. The summed E-state index contributed by atoms with van der Waals surface area (Å²) in [7, 11) is 0. The molecule has 2 aromatic rings. The standard InChI is InChI=1S/C16H23N5O/c1-11-8-12(2)21(20-11)7-3-4-16(22)18-14-6-5-13-10-17-19-15(13)9-14/h8,10,14H,3-7,9H2,1-2H3,(H,17,19)(H,18,22)/t14-/m1/s1. The zero-order chi connectivity index (χ0) is 15.5. The highest BCUT2D eigenvalue weighted by atomic mass is 16.1. The van der Waals surface area contributed by atoms with Gasteiger partial charge in [0.2, 0.25) is 5.91 Å². The number of aromatic nitrogens is 4. The van der Waals surface area contributed by atoms with Gasteiger partial charge in [-0.3, -0.25) is 14.6 Å². The molecule has 118 valence electrons. The second-order valence-corrected chi connectivity index (χ2v) is 6.13. The van der Waals surface area contributed by atoms with Gasteiger partial charge in [-0.2, -0.15) is 10.2 Å². The maximum atomic E-state index is 12.1. The van der Waals surface area contributed by atoms with E-state index in [9.17, 15) is 4.79 Å². The van der Waals surface area contributed by atoms with Crippen molar-refractivity contribution in [3.05, 3.63) is 34.9 Å². The van der Waals surface area contributed by atoms with Gasteiger partial charge >= 0.3 is 0 Å². The Kier molecular flexibility index (Phi) is 4.27. The van der Waals surface area contributed by atoms with Crippen LogP contribution in [0, 0.1) is 13.8 Å². The SMILES string of the molecule is Cc1cc(C)n(CCCC(=O)N[C@@H]2CCc3cn[nH]c3C2)n1. The van der Waals surface area contributed by atoms with Crippen LogP contribution in [0.15, 0.2) is 12.3 Å². The number of rotatable bonds is 5. The summed E-state index contributed by atoms with van der Waals surface area (Å²) in [6.45, 7) is 4.83. The van der Waals surface area contributed by atoms with Gasteiger partial charge in [0.25, 0.3) is 0 Å². The summed E-state index contributed by atoms with van der Waals surface area (Å²) >= 11 is 0. The lowest BCUT2D eigenvalue weighted by molar-refractivity contribution is -0.122. The van der Waals surface area contributed by atoms with Gasteiger partial charge in [0.1, 0.15) is 0 Å². The van der Waals surface area contributed by atoms with Crippen LogP contribution >= 0.6 is 0 Å². The maximum Gasteiger partial charge on any atom is 0.220 e. The van der Waals surface area contributed by atoms with Crippen LogP contribution < -0.4 is 5.32 Å². The van der Waals surface area contributed by atoms with Crippen LogP contribution in [0.5, 0.6) is 0 Å². The summed E-state index contributed by atoms with van der Waals surface area (Å²) in [6, 6.07) is 2.29. The number of amides is 1. The molecule has 0 aromatic carbocycles. The van der Waals surface area contributed by atoms with Gasteiger partial charge in [0, 0.05) is 36.8 Å². The number of hydrogen-bond donors (Lipinski definition) is 2. The number of carbonyl (C=O) groups excluding carboxylic acids is 1. The van der Waals surface area contributed by atoms with Crippen LogP contribution in [0.3, 0.4) is 0 Å². The zero-order valence-corrected chi connectivity index (χ0v) is 13.2. The number of nitrogens with one attached hydrogen (secondary N) is 2. The summed E-state index contributed by atoms with van der Waals surface area (Å²) in [4.78, 5) is 12.1. The number of fused-ring (bicyclic) bond motifs is 1. The summed E-state index contributed by atoms with van der Waals surface area (Å²) in [5.41, 5.74) is 4.63. The lowest BCUT2D eigenvalue weighted by Crippen LogP contribution is -2.38. The van der Waals surface area contributed by atoms with Crippen molar-refractivity contribution in [2.45, 2.75) is 58.5 Å². The van der Waals surface area contributed by atoms with E-state index in [0.717, 1.165) is 43.6 Å². The normalized spacial score (nSPS) is 17.3. The molecule has 22 heavy (non-hydrogen) atoms. The molecule has 6 heteroatoms. The van der Waals surface area contributed by atoms with Gasteiger partial charge in [-0.1, -0.05) is 0 Å². The zero-order valence-electron chi connectivity index (χ0n) is 13.2. The van der Waals surface area contributed by atoms with Gasteiger partial charge in [-0.25, -0.2) is 0 Å². The molecule has 0 aliphatic heterocycles. The van der Waals surface area contributed by atoms with Crippen molar-refractivity contribution in [2.24, 2.45) is 0 Å². The average molecular weight is 301 g/mol. The molecular formula is C16H23N5O. The summed E-state index contributed by atoms with van der Waals surface area (Å²) in [5.74, 6) is 0.134. The predicted octanol–water partition coefficient (Wildman–Crippen LogP) is 1.68. The fourth-order valence-corrected chi connectivity index (χ4v) is 3.12. The molecule has 3 rings (SSSR count). The number of aromatic amines is 1. The fraction of sp³-hybridized carbons (Fsp3) is 0.562. The molecule has 0 radical (unpaired) electrons. The van der Waals surface area contributed by atoms with E-state index in [1.165, 1.54) is 11.3 Å². The second-order valence-electron chi connectivity index (χ2n) is 6.13. The lowest BCUT2D eigenvalue weighted by Gasteiger charge is -2.22. The molecule has 0 fully saturated rings. The molecule has 0 saturated carbocycles. The van der Waals surface area contributed by atoms with Crippen molar-refractivity contribution >= 4 is 5.91 Å². The highest BCUT2D eigenvalue weighted by molar-refractivity contribution is 5.76. The third-order valence-corrected chi connectivity index (χ3v) is 4.26. The van der Waals surface area contributed by atoms with Crippen molar-refractivity contribution in [3.63, 3.8) is 0 Å². The van der Waals surface area contributed by atoms with Gasteiger partial charge in [-0.15, -0.1) is 0 Å². The van der Waals surface area contributed by atoms with Gasteiger partial charge in [-0.05, 0) is 44.7 Å². The monoisotopic (exact) mass is 301 g/mol. The van der Waals surface area contributed by atoms with Gasteiger partial charge < -0.3 is 5.32 Å². The Balaban J connectivity index is 1.42. The largest absolute Gasteiger partial charge is 0.353 e. The van der Waals surface area contributed by atoms with Crippen molar-refractivity contribution in [2.75, 3.05) is 0 Å². The van der Waals surface area contributed by atoms with Crippen molar-refractivity contribution in [1.82, 2.24) is 25.3 Å². The van der Waals surface area contributed by atoms with E-state index in [-0.39, 0.29) is 11.9 Å². The Morgan fingerprint density at radius 1 is 1.50 bits per heavy atom. The Bertz CT molecular complexity index is 657. The highest BCUT2D eigenvalue weighted by Gasteiger charge is 2.21. The van der Waals surface area contributed by atoms with E-state index in [1.54, 1.807) is 0 Å². The maximum absolute atomic E-state index is 12.1. The van der Waals surface area contributed by atoms with Crippen molar-refractivity contribution < 1.29 is 4.79 Å². The Labute approximate surface area is 130 Å². The highest BCUT2D eigenvalue weighted by Crippen LogP contribution is 2.18. The fourth-order valence-electron chi connectivity index (χ4n) is 3.12. The smallest absolute Gasteiger partial charge is 0.220 e. The number of H-pyrrole nitrogens is 1. The summed E-state index contributed by atoms with van der Waals surface area (Å²) < 4.78 is 1.97. The van der Waals surface area contributed by atoms with E-state index < -0.39 is 0 Å². The second kappa shape index (κ2) is 6.34. The van der Waals surface area contributed by atoms with E-state index in [4.69, 9.17) is 0 Å². The van der Waals surface area contributed by atoms with Crippen molar-refractivity contribution in [1.29, 1.82) is 0 Å². The first kappa shape index (κ1) is 14.8. The molecule has 1 aliphatic rings. The first-order valence-corrected chi connectivity index (χ1v) is 7.93. The van der Waals surface area contributed by atoms with E-state index in [2.05, 4.69) is 26.7 Å². The molecule has 0 unspecified atom stereocenters. The molecule has 6 nitrogen and oxygen atoms in total. The molecule has 0 bridgehead atoms. The quantitative estimate of drug-likeness (QED) is 0.882. The number of hydrogen-bond acceptors (Lipinski definition) is 3. The predicted molar refractivity (Wildman–Crippen MR) is 83.5 cm³/mol. The van der Waals surface area contributed by atoms with Crippen LogP contribution in [0.25, 0.3) is 0 Å². The van der Waals surface area contributed by atoms with E-state index in [1.807, 2.05) is 24.7 Å². The van der Waals surface area contributed by atoms with E-state index in [0.29, 0.717) is 6.42 Å². The molecule has 0 spiro atoms. The molecule has 1 amide bonds. The minimum Gasteiger partial charge on any atom is -0.353 e. The molecule has 1 atom stereocenters. The van der Waals surface area contributed by atoms with Gasteiger partial charge in [0.05, 0.1) is 11.9 Å². The summed E-state index contributed by atoms with van der Waals surface area (Å²) in [5, 5.41) is 14.6. The molecule has 2 heterocycles. The topological polar surface area (TPSA) is 75.6 Å².